The van der Waals surface area contributed by atoms with E-state index < -0.39 is 0 Å². The summed E-state index contributed by atoms with van der Waals surface area (Å²) < 4.78 is 0. The van der Waals surface area contributed by atoms with Gasteiger partial charge in [0.15, 0.2) is 0 Å². The Morgan fingerprint density at radius 2 is 1.40 bits per heavy atom. The van der Waals surface area contributed by atoms with Crippen molar-refractivity contribution in [1.82, 2.24) is 15.6 Å². The summed E-state index contributed by atoms with van der Waals surface area (Å²) in [4.78, 5) is 27.4. The molecule has 3 heterocycles. The van der Waals surface area contributed by atoms with E-state index in [0.717, 1.165) is 24.2 Å². The van der Waals surface area contributed by atoms with E-state index in [-0.39, 0.29) is 23.9 Å². The second-order valence-corrected chi connectivity index (χ2v) is 4.89. The highest BCUT2D eigenvalue weighted by Crippen LogP contribution is 2.22. The number of nitrogens with one attached hydrogen (secondary N) is 2. The molecule has 3 rings (SSSR count). The summed E-state index contributed by atoms with van der Waals surface area (Å²) in [5.74, 6) is -0.190. The van der Waals surface area contributed by atoms with Crippen LogP contribution in [-0.4, -0.2) is 16.8 Å². The summed E-state index contributed by atoms with van der Waals surface area (Å²) in [7, 11) is 0. The van der Waals surface area contributed by atoms with E-state index >= 15 is 0 Å². The number of hydrogen-bond acceptors (Lipinski definition) is 3. The molecule has 1 aromatic heterocycles. The maximum Gasteiger partial charge on any atom is 0.244 e. The standard InChI is InChI=1S/C15H15N3O2/c19-14-8-2-6-12(17-14)10-4-1-5-11(16-10)13-7-3-9-15(20)18-13/h1-5,8-9,12-13H,6-7H2,(H,17,19)(H,18,20)/t12-,13-/m0/s1. The molecule has 5 heteroatoms. The molecule has 0 radical (unpaired) electrons. The van der Waals surface area contributed by atoms with Gasteiger partial charge in [-0.15, -0.1) is 0 Å². The third kappa shape index (κ3) is 2.61. The van der Waals surface area contributed by atoms with Gasteiger partial charge in [-0.1, -0.05) is 18.2 Å². The van der Waals surface area contributed by atoms with E-state index in [4.69, 9.17) is 0 Å². The van der Waals surface area contributed by atoms with Gasteiger partial charge in [0.25, 0.3) is 0 Å². The predicted octanol–water partition coefficient (Wildman–Crippen LogP) is 1.32. The number of pyridine rings is 1. The molecule has 0 saturated heterocycles. The van der Waals surface area contributed by atoms with E-state index in [9.17, 15) is 9.59 Å². The Hall–Kier alpha value is -2.43. The molecule has 2 aliphatic rings. The summed E-state index contributed by atoms with van der Waals surface area (Å²) in [6.45, 7) is 0. The molecule has 2 N–H and O–H groups in total. The zero-order valence-corrected chi connectivity index (χ0v) is 10.9. The fourth-order valence-corrected chi connectivity index (χ4v) is 2.43. The zero-order valence-electron chi connectivity index (χ0n) is 10.9. The Kier molecular flexibility index (Phi) is 3.33. The number of aromatic nitrogens is 1. The molecule has 2 atom stereocenters. The minimum atomic E-state index is -0.0951. The molecule has 0 unspecified atom stereocenters. The van der Waals surface area contributed by atoms with Gasteiger partial charge >= 0.3 is 0 Å². The summed E-state index contributed by atoms with van der Waals surface area (Å²) in [6.07, 6.45) is 8.24. The maximum atomic E-state index is 11.4. The molecular weight excluding hydrogens is 254 g/mol. The molecule has 0 saturated carbocycles. The lowest BCUT2D eigenvalue weighted by atomic mass is 10.0. The highest BCUT2D eigenvalue weighted by molar-refractivity contribution is 5.89. The van der Waals surface area contributed by atoms with Crippen LogP contribution in [0.25, 0.3) is 0 Å². The molecule has 0 bridgehead atoms. The van der Waals surface area contributed by atoms with Crippen LogP contribution in [0.5, 0.6) is 0 Å². The van der Waals surface area contributed by atoms with Crippen LogP contribution in [0.2, 0.25) is 0 Å². The average molecular weight is 269 g/mol. The van der Waals surface area contributed by atoms with Gasteiger partial charge < -0.3 is 10.6 Å². The van der Waals surface area contributed by atoms with Crippen molar-refractivity contribution >= 4 is 11.8 Å². The van der Waals surface area contributed by atoms with E-state index in [2.05, 4.69) is 15.6 Å². The quantitative estimate of drug-likeness (QED) is 0.850. The average Bonchev–Trinajstić information content (AvgIpc) is 2.47. The van der Waals surface area contributed by atoms with Crippen molar-refractivity contribution in [3.8, 4) is 0 Å². The monoisotopic (exact) mass is 269 g/mol. The zero-order chi connectivity index (χ0) is 13.9. The Balaban J connectivity index is 1.82. The van der Waals surface area contributed by atoms with Crippen LogP contribution in [-0.2, 0) is 9.59 Å². The lowest BCUT2D eigenvalue weighted by Crippen LogP contribution is -2.32. The highest BCUT2D eigenvalue weighted by atomic mass is 16.2. The molecule has 0 aliphatic carbocycles. The first kappa shape index (κ1) is 12.6. The third-order valence-electron chi connectivity index (χ3n) is 3.42. The lowest BCUT2D eigenvalue weighted by molar-refractivity contribution is -0.118. The maximum absolute atomic E-state index is 11.4. The number of amides is 2. The van der Waals surface area contributed by atoms with Crippen molar-refractivity contribution in [3.63, 3.8) is 0 Å². The Labute approximate surface area is 116 Å². The number of rotatable bonds is 2. The normalized spacial score (nSPS) is 25.2. The molecule has 0 aromatic carbocycles. The van der Waals surface area contributed by atoms with Crippen molar-refractivity contribution in [2.45, 2.75) is 24.9 Å². The van der Waals surface area contributed by atoms with Gasteiger partial charge in [-0.3, -0.25) is 14.6 Å². The largest absolute Gasteiger partial charge is 0.344 e. The SMILES string of the molecule is O=C1C=CC[C@@H](c2cccc([C@@H]3CC=CC(=O)N3)n2)N1. The lowest BCUT2D eigenvalue weighted by Gasteiger charge is -2.22. The molecule has 0 fully saturated rings. The van der Waals surface area contributed by atoms with Crippen LogP contribution >= 0.6 is 0 Å². The van der Waals surface area contributed by atoms with Gasteiger partial charge in [0.2, 0.25) is 11.8 Å². The predicted molar refractivity (Wildman–Crippen MR) is 73.5 cm³/mol. The summed E-state index contributed by atoms with van der Waals surface area (Å²) in [6, 6.07) is 5.51. The Morgan fingerprint density at radius 1 is 0.900 bits per heavy atom. The molecule has 5 nitrogen and oxygen atoms in total. The van der Waals surface area contributed by atoms with Crippen molar-refractivity contribution in [2.75, 3.05) is 0 Å². The van der Waals surface area contributed by atoms with Gasteiger partial charge in [-0.05, 0) is 37.1 Å². The van der Waals surface area contributed by atoms with Gasteiger partial charge in [-0.2, -0.15) is 0 Å². The first-order valence-corrected chi connectivity index (χ1v) is 6.63. The van der Waals surface area contributed by atoms with Crippen molar-refractivity contribution in [3.05, 3.63) is 53.9 Å². The number of carbonyl (C=O) groups excluding carboxylic acids is 2. The molecule has 2 aliphatic heterocycles. The van der Waals surface area contributed by atoms with Crippen LogP contribution < -0.4 is 10.6 Å². The van der Waals surface area contributed by atoms with Crippen molar-refractivity contribution < 1.29 is 9.59 Å². The van der Waals surface area contributed by atoms with Crippen molar-refractivity contribution in [2.24, 2.45) is 0 Å². The molecule has 20 heavy (non-hydrogen) atoms. The first-order chi connectivity index (χ1) is 9.72. The van der Waals surface area contributed by atoms with E-state index in [0.29, 0.717) is 0 Å². The van der Waals surface area contributed by atoms with Crippen molar-refractivity contribution in [1.29, 1.82) is 0 Å². The smallest absolute Gasteiger partial charge is 0.244 e. The number of nitrogens with zero attached hydrogens (tertiary/aromatic N) is 1. The molecule has 0 spiro atoms. The second-order valence-electron chi connectivity index (χ2n) is 4.89. The fraction of sp³-hybridized carbons (Fsp3) is 0.267. The highest BCUT2D eigenvalue weighted by Gasteiger charge is 2.21. The molecule has 2 amide bonds. The van der Waals surface area contributed by atoms with Crippen LogP contribution in [0, 0.1) is 0 Å². The van der Waals surface area contributed by atoms with Crippen LogP contribution in [0.3, 0.4) is 0 Å². The van der Waals surface area contributed by atoms with Gasteiger partial charge in [0, 0.05) is 0 Å². The second kappa shape index (κ2) is 5.28. The Morgan fingerprint density at radius 3 is 1.85 bits per heavy atom. The van der Waals surface area contributed by atoms with Gasteiger partial charge in [0.05, 0.1) is 23.5 Å². The van der Waals surface area contributed by atoms with Crippen LogP contribution in [0.1, 0.15) is 36.3 Å². The molecule has 102 valence electrons. The summed E-state index contributed by atoms with van der Waals surface area (Å²) >= 11 is 0. The van der Waals surface area contributed by atoms with E-state index in [1.54, 1.807) is 0 Å². The summed E-state index contributed by atoms with van der Waals surface area (Å²) in [5.41, 5.74) is 1.65. The van der Waals surface area contributed by atoms with E-state index in [1.165, 1.54) is 12.2 Å². The Bertz CT molecular complexity index is 558. The minimum Gasteiger partial charge on any atom is -0.344 e. The third-order valence-corrected chi connectivity index (χ3v) is 3.42. The van der Waals surface area contributed by atoms with Crippen LogP contribution in [0.15, 0.2) is 42.5 Å². The molecule has 1 aromatic rings. The van der Waals surface area contributed by atoms with Crippen LogP contribution in [0.4, 0.5) is 0 Å². The minimum absolute atomic E-state index is 0.0950. The van der Waals surface area contributed by atoms with E-state index in [1.807, 2.05) is 30.4 Å². The van der Waals surface area contributed by atoms with Gasteiger partial charge in [0.1, 0.15) is 0 Å². The topological polar surface area (TPSA) is 71.1 Å². The summed E-state index contributed by atoms with van der Waals surface area (Å²) in [5, 5.41) is 5.76. The fourth-order valence-electron chi connectivity index (χ4n) is 2.43. The van der Waals surface area contributed by atoms with Gasteiger partial charge in [-0.25, -0.2) is 0 Å². The number of hydrogen-bond donors (Lipinski definition) is 2. The first-order valence-electron chi connectivity index (χ1n) is 6.63. The number of carbonyl (C=O) groups is 2. The molecular formula is C15H15N3O2.